The lowest BCUT2D eigenvalue weighted by atomic mass is 10.1. The van der Waals surface area contributed by atoms with Crippen LogP contribution in [0.5, 0.6) is 0 Å². The van der Waals surface area contributed by atoms with Gasteiger partial charge in [0.1, 0.15) is 17.9 Å². The Labute approximate surface area is 152 Å². The van der Waals surface area contributed by atoms with Crippen molar-refractivity contribution in [3.05, 3.63) is 35.6 Å². The molecule has 0 saturated carbocycles. The van der Waals surface area contributed by atoms with Gasteiger partial charge in [0.25, 0.3) is 0 Å². The van der Waals surface area contributed by atoms with Crippen molar-refractivity contribution in [2.75, 3.05) is 6.54 Å². The molecule has 0 aromatic heterocycles. The fourth-order valence-electron chi connectivity index (χ4n) is 2.73. The number of urea groups is 1. The van der Waals surface area contributed by atoms with Gasteiger partial charge in [0, 0.05) is 13.1 Å². The van der Waals surface area contributed by atoms with Crippen molar-refractivity contribution in [1.29, 1.82) is 0 Å². The van der Waals surface area contributed by atoms with Gasteiger partial charge in [0.2, 0.25) is 11.8 Å². The van der Waals surface area contributed by atoms with Crippen LogP contribution in [0.4, 0.5) is 9.18 Å². The fourth-order valence-corrected chi connectivity index (χ4v) is 2.73. The molecule has 4 amide bonds. The van der Waals surface area contributed by atoms with Crippen molar-refractivity contribution in [3.8, 4) is 0 Å². The minimum Gasteiger partial charge on any atom is -0.354 e. The number of amides is 4. The van der Waals surface area contributed by atoms with Crippen molar-refractivity contribution in [3.63, 3.8) is 0 Å². The maximum atomic E-state index is 12.9. The van der Waals surface area contributed by atoms with Crippen LogP contribution in [0.1, 0.15) is 38.2 Å². The van der Waals surface area contributed by atoms with Gasteiger partial charge in [0.05, 0.1) is 0 Å². The van der Waals surface area contributed by atoms with Gasteiger partial charge in [-0.2, -0.15) is 0 Å². The number of hydrogen-bond acceptors (Lipinski definition) is 3. The second-order valence-corrected chi connectivity index (χ2v) is 6.29. The molecular formula is C18H25FN4O3. The Bertz CT molecular complexity index is 636. The number of hydrogen-bond donors (Lipinski definition) is 4. The van der Waals surface area contributed by atoms with Crippen LogP contribution in [0.25, 0.3) is 0 Å². The number of nitrogens with one attached hydrogen (secondary N) is 4. The van der Waals surface area contributed by atoms with Gasteiger partial charge in [-0.1, -0.05) is 25.5 Å². The quantitative estimate of drug-likeness (QED) is 0.585. The Balaban J connectivity index is 1.85. The summed E-state index contributed by atoms with van der Waals surface area (Å²) in [6.07, 6.45) is 2.56. The van der Waals surface area contributed by atoms with E-state index in [1.807, 2.05) is 6.92 Å². The van der Waals surface area contributed by atoms with Crippen molar-refractivity contribution in [2.45, 2.75) is 51.2 Å². The van der Waals surface area contributed by atoms with E-state index in [9.17, 15) is 18.8 Å². The molecule has 8 heteroatoms. The molecular weight excluding hydrogens is 339 g/mol. The molecule has 1 aliphatic heterocycles. The van der Waals surface area contributed by atoms with Crippen LogP contribution < -0.4 is 21.3 Å². The van der Waals surface area contributed by atoms with Crippen LogP contribution >= 0.6 is 0 Å². The summed E-state index contributed by atoms with van der Waals surface area (Å²) >= 11 is 0. The highest BCUT2D eigenvalue weighted by atomic mass is 19.1. The van der Waals surface area contributed by atoms with Gasteiger partial charge in [-0.05, 0) is 37.0 Å². The molecule has 26 heavy (non-hydrogen) atoms. The highest BCUT2D eigenvalue weighted by Gasteiger charge is 2.27. The summed E-state index contributed by atoms with van der Waals surface area (Å²) in [6, 6.07) is 4.02. The van der Waals surface area contributed by atoms with E-state index in [0.717, 1.165) is 12.0 Å². The number of piperidine rings is 1. The van der Waals surface area contributed by atoms with Gasteiger partial charge in [-0.25, -0.2) is 9.18 Å². The van der Waals surface area contributed by atoms with Crippen LogP contribution in [0, 0.1) is 5.82 Å². The van der Waals surface area contributed by atoms with Crippen molar-refractivity contribution >= 4 is 17.8 Å². The standard InChI is InChI=1S/C18H25FN4O3/c1-2-4-14(17(25)22-15-5-3-10-20-16(15)24)23-18(26)21-11-12-6-8-13(19)9-7-12/h6-9,14-15H,2-5,10-11H2,1H3,(H,20,24)(H,22,25)(H2,21,23,26). The third-order valence-corrected chi connectivity index (χ3v) is 4.17. The summed E-state index contributed by atoms with van der Waals surface area (Å²) in [7, 11) is 0. The summed E-state index contributed by atoms with van der Waals surface area (Å²) in [5.41, 5.74) is 0.747. The molecule has 1 heterocycles. The molecule has 2 unspecified atom stereocenters. The third-order valence-electron chi connectivity index (χ3n) is 4.17. The van der Waals surface area contributed by atoms with E-state index >= 15 is 0 Å². The molecule has 0 spiro atoms. The van der Waals surface area contributed by atoms with Crippen LogP contribution in [-0.2, 0) is 16.1 Å². The van der Waals surface area contributed by atoms with Gasteiger partial charge < -0.3 is 21.3 Å². The van der Waals surface area contributed by atoms with E-state index in [4.69, 9.17) is 0 Å². The maximum Gasteiger partial charge on any atom is 0.315 e. The van der Waals surface area contributed by atoms with Crippen LogP contribution in [0.2, 0.25) is 0 Å². The molecule has 1 aromatic carbocycles. The van der Waals surface area contributed by atoms with Crippen LogP contribution in [-0.4, -0.2) is 36.5 Å². The minimum atomic E-state index is -0.719. The average Bonchev–Trinajstić information content (AvgIpc) is 2.63. The van der Waals surface area contributed by atoms with Gasteiger partial charge in [-0.15, -0.1) is 0 Å². The van der Waals surface area contributed by atoms with Gasteiger partial charge >= 0.3 is 6.03 Å². The predicted octanol–water partition coefficient (Wildman–Crippen LogP) is 1.19. The summed E-state index contributed by atoms with van der Waals surface area (Å²) in [5, 5.41) is 10.7. The summed E-state index contributed by atoms with van der Waals surface area (Å²) in [5.74, 6) is -0.906. The van der Waals surface area contributed by atoms with E-state index in [1.165, 1.54) is 12.1 Å². The first-order valence-corrected chi connectivity index (χ1v) is 8.86. The number of carbonyl (C=O) groups is 3. The lowest BCUT2D eigenvalue weighted by molar-refractivity contribution is -0.131. The zero-order valence-corrected chi connectivity index (χ0v) is 14.8. The van der Waals surface area contributed by atoms with Crippen molar-refractivity contribution in [2.24, 2.45) is 0 Å². The first kappa shape index (κ1) is 19.7. The molecule has 1 aliphatic rings. The second kappa shape index (κ2) is 9.74. The number of carbonyl (C=O) groups excluding carboxylic acids is 3. The van der Waals surface area contributed by atoms with Gasteiger partial charge in [0.15, 0.2) is 0 Å². The predicted molar refractivity (Wildman–Crippen MR) is 94.6 cm³/mol. The molecule has 4 N–H and O–H groups in total. The Morgan fingerprint density at radius 3 is 2.69 bits per heavy atom. The van der Waals surface area contributed by atoms with Crippen molar-refractivity contribution < 1.29 is 18.8 Å². The van der Waals surface area contributed by atoms with Crippen molar-refractivity contribution in [1.82, 2.24) is 21.3 Å². The lowest BCUT2D eigenvalue weighted by Gasteiger charge is -2.25. The molecule has 142 valence electrons. The lowest BCUT2D eigenvalue weighted by Crippen LogP contribution is -2.56. The van der Waals surface area contributed by atoms with Crippen LogP contribution in [0.3, 0.4) is 0 Å². The molecule has 2 atom stereocenters. The Kier molecular flexibility index (Phi) is 7.37. The average molecular weight is 364 g/mol. The molecule has 2 rings (SSSR count). The normalized spacial score (nSPS) is 17.8. The highest BCUT2D eigenvalue weighted by Crippen LogP contribution is 2.05. The van der Waals surface area contributed by atoms with E-state index in [2.05, 4.69) is 21.3 Å². The zero-order valence-electron chi connectivity index (χ0n) is 14.8. The van der Waals surface area contributed by atoms with E-state index in [1.54, 1.807) is 12.1 Å². The number of benzene rings is 1. The molecule has 1 saturated heterocycles. The largest absolute Gasteiger partial charge is 0.354 e. The zero-order chi connectivity index (χ0) is 18.9. The van der Waals surface area contributed by atoms with E-state index in [-0.39, 0.29) is 24.2 Å². The van der Waals surface area contributed by atoms with Crippen LogP contribution in [0.15, 0.2) is 24.3 Å². The Morgan fingerprint density at radius 2 is 2.04 bits per heavy atom. The number of halogens is 1. The Morgan fingerprint density at radius 1 is 1.31 bits per heavy atom. The molecule has 1 fully saturated rings. The smallest absolute Gasteiger partial charge is 0.315 e. The van der Waals surface area contributed by atoms with E-state index < -0.39 is 18.1 Å². The topological polar surface area (TPSA) is 99.3 Å². The fraction of sp³-hybridized carbons (Fsp3) is 0.500. The highest BCUT2D eigenvalue weighted by molar-refractivity contribution is 5.92. The van der Waals surface area contributed by atoms with E-state index in [0.29, 0.717) is 25.8 Å². The first-order chi connectivity index (χ1) is 12.5. The molecule has 7 nitrogen and oxygen atoms in total. The maximum absolute atomic E-state index is 12.9. The molecule has 0 aliphatic carbocycles. The molecule has 0 bridgehead atoms. The first-order valence-electron chi connectivity index (χ1n) is 8.86. The SMILES string of the molecule is CCCC(NC(=O)NCc1ccc(F)cc1)C(=O)NC1CCCNC1=O. The Hall–Kier alpha value is -2.64. The third kappa shape index (κ3) is 6.02. The summed E-state index contributed by atoms with van der Waals surface area (Å²) < 4.78 is 12.9. The molecule has 1 aromatic rings. The van der Waals surface area contributed by atoms with Gasteiger partial charge in [-0.3, -0.25) is 9.59 Å². The monoisotopic (exact) mass is 364 g/mol. The molecule has 0 radical (unpaired) electrons. The summed E-state index contributed by atoms with van der Waals surface area (Å²) in [4.78, 5) is 36.3. The second-order valence-electron chi connectivity index (χ2n) is 6.29. The minimum absolute atomic E-state index is 0.194. The summed E-state index contributed by atoms with van der Waals surface area (Å²) in [6.45, 7) is 2.75. The number of rotatable bonds is 7.